The van der Waals surface area contributed by atoms with Gasteiger partial charge in [-0.3, -0.25) is 0 Å². The second-order valence-corrected chi connectivity index (χ2v) is 9.88. The van der Waals surface area contributed by atoms with Gasteiger partial charge in [-0.05, 0) is 50.2 Å². The maximum Gasteiger partial charge on any atom is 0.151 e. The van der Waals surface area contributed by atoms with Gasteiger partial charge in [0.25, 0.3) is 0 Å². The summed E-state index contributed by atoms with van der Waals surface area (Å²) in [6, 6.07) is 13.3. The van der Waals surface area contributed by atoms with Crippen LogP contribution in [0.1, 0.15) is 66.6 Å². The number of nitrogens with zero attached hydrogens (tertiary/aromatic N) is 3. The molecule has 0 spiro atoms. The number of hydrogen-bond donors (Lipinski definition) is 1. The highest BCUT2D eigenvalue weighted by molar-refractivity contribution is 7.80. The minimum absolute atomic E-state index is 0.0615. The number of ether oxygens (including phenoxy) is 1. The average Bonchev–Trinajstić information content (AvgIpc) is 3.75. The molecule has 6 heteroatoms. The van der Waals surface area contributed by atoms with Crippen LogP contribution in [0.4, 0.5) is 0 Å². The Hall–Kier alpha value is -2.44. The number of nitrogens with two attached hydrogens (primary N) is 1. The van der Waals surface area contributed by atoms with Gasteiger partial charge in [0.1, 0.15) is 22.4 Å². The van der Waals surface area contributed by atoms with Crippen LogP contribution in [-0.2, 0) is 13.5 Å². The second kappa shape index (κ2) is 8.49. The maximum absolute atomic E-state index is 6.62. The van der Waals surface area contributed by atoms with Gasteiger partial charge >= 0.3 is 0 Å². The van der Waals surface area contributed by atoms with Crippen molar-refractivity contribution in [1.82, 2.24) is 14.5 Å². The molecule has 32 heavy (non-hydrogen) atoms. The summed E-state index contributed by atoms with van der Waals surface area (Å²) >= 11 is 5.77. The molecule has 3 aliphatic rings. The van der Waals surface area contributed by atoms with Crippen LogP contribution in [0.3, 0.4) is 0 Å². The topological polar surface area (TPSA) is 56.3 Å². The van der Waals surface area contributed by atoms with Gasteiger partial charge in [0.15, 0.2) is 5.75 Å². The van der Waals surface area contributed by atoms with E-state index in [2.05, 4.69) is 41.9 Å². The SMILES string of the molecule is CN(C)C(=S)c1cc2c(nc(C3CC3)n2C)c2c1CCC(c1ccccc1)O2.NC1CC1. The molecule has 1 aromatic heterocycles. The third-order valence-electron chi connectivity index (χ3n) is 6.56. The molecule has 0 amide bonds. The number of hydrogen-bond acceptors (Lipinski definition) is 4. The molecule has 2 fully saturated rings. The third kappa shape index (κ3) is 4.14. The number of benzene rings is 2. The van der Waals surface area contributed by atoms with Crippen molar-refractivity contribution in [3.8, 4) is 5.75 Å². The minimum atomic E-state index is 0.0615. The number of rotatable bonds is 3. The molecule has 168 valence electrons. The Morgan fingerprint density at radius 1 is 1.12 bits per heavy atom. The first kappa shape index (κ1) is 21.4. The van der Waals surface area contributed by atoms with E-state index in [-0.39, 0.29) is 6.10 Å². The summed E-state index contributed by atoms with van der Waals surface area (Å²) in [6.07, 6.45) is 6.95. The summed E-state index contributed by atoms with van der Waals surface area (Å²) in [7, 11) is 6.14. The van der Waals surface area contributed by atoms with Crippen molar-refractivity contribution in [2.75, 3.05) is 14.1 Å². The zero-order valence-corrected chi connectivity index (χ0v) is 20.0. The van der Waals surface area contributed by atoms with Crippen LogP contribution in [0.2, 0.25) is 0 Å². The lowest BCUT2D eigenvalue weighted by atomic mass is 9.93. The van der Waals surface area contributed by atoms with Crippen molar-refractivity contribution in [1.29, 1.82) is 0 Å². The lowest BCUT2D eigenvalue weighted by Crippen LogP contribution is -2.24. The van der Waals surface area contributed by atoms with Gasteiger partial charge in [-0.25, -0.2) is 4.98 Å². The molecule has 2 aliphatic carbocycles. The van der Waals surface area contributed by atoms with Crippen LogP contribution in [0.5, 0.6) is 5.75 Å². The fourth-order valence-corrected chi connectivity index (χ4v) is 4.52. The third-order valence-corrected chi connectivity index (χ3v) is 7.14. The van der Waals surface area contributed by atoms with E-state index in [1.54, 1.807) is 0 Å². The van der Waals surface area contributed by atoms with E-state index in [0.29, 0.717) is 12.0 Å². The van der Waals surface area contributed by atoms with E-state index >= 15 is 0 Å². The monoisotopic (exact) mass is 448 g/mol. The quantitative estimate of drug-likeness (QED) is 0.580. The first-order valence-electron chi connectivity index (χ1n) is 11.6. The molecule has 0 bridgehead atoms. The molecular formula is C26H32N4OS. The zero-order valence-electron chi connectivity index (χ0n) is 19.2. The summed E-state index contributed by atoms with van der Waals surface area (Å²) in [5, 5.41) is 0. The Morgan fingerprint density at radius 2 is 1.81 bits per heavy atom. The first-order chi connectivity index (χ1) is 15.4. The fourth-order valence-electron chi connectivity index (χ4n) is 4.34. The van der Waals surface area contributed by atoms with Crippen LogP contribution in [0.15, 0.2) is 36.4 Å². The predicted molar refractivity (Wildman–Crippen MR) is 133 cm³/mol. The maximum atomic E-state index is 6.62. The van der Waals surface area contributed by atoms with E-state index in [0.717, 1.165) is 40.2 Å². The van der Waals surface area contributed by atoms with Gasteiger partial charge in [0.05, 0.1) is 5.52 Å². The summed E-state index contributed by atoms with van der Waals surface area (Å²) < 4.78 is 8.86. The molecule has 3 aromatic rings. The smallest absolute Gasteiger partial charge is 0.151 e. The van der Waals surface area contributed by atoms with Crippen LogP contribution in [0, 0.1) is 0 Å². The van der Waals surface area contributed by atoms with Gasteiger partial charge in [0, 0.05) is 44.2 Å². The van der Waals surface area contributed by atoms with Gasteiger partial charge in [-0.15, -0.1) is 0 Å². The van der Waals surface area contributed by atoms with E-state index in [1.807, 2.05) is 25.1 Å². The standard InChI is InChI=1S/C23H25N3OS.C3H7N/c1-25(2)23(28)17-13-18-20(24-22(26(18)3)15-9-10-15)21-16(17)11-12-19(27-21)14-7-5-4-6-8-14;4-3-1-2-3/h4-8,13,15,19H,9-12H2,1-3H3;3H,1-2,4H2. The van der Waals surface area contributed by atoms with E-state index < -0.39 is 0 Å². The number of thiocarbonyl (C=S) groups is 1. The largest absolute Gasteiger partial charge is 0.483 e. The van der Waals surface area contributed by atoms with Crippen LogP contribution in [0.25, 0.3) is 11.0 Å². The molecular weight excluding hydrogens is 416 g/mol. The van der Waals surface area contributed by atoms with Crippen LogP contribution in [-0.4, -0.2) is 39.6 Å². The summed E-state index contributed by atoms with van der Waals surface area (Å²) in [6.45, 7) is 0. The Bertz CT molecular complexity index is 1150. The van der Waals surface area contributed by atoms with E-state index in [4.69, 9.17) is 27.7 Å². The molecule has 2 heterocycles. The van der Waals surface area contributed by atoms with E-state index in [9.17, 15) is 0 Å². The van der Waals surface area contributed by atoms with Gasteiger partial charge in [-0.2, -0.15) is 0 Å². The number of imidazole rings is 1. The Morgan fingerprint density at radius 3 is 2.41 bits per heavy atom. The highest BCUT2D eigenvalue weighted by Gasteiger charge is 2.33. The number of aryl methyl sites for hydroxylation is 1. The van der Waals surface area contributed by atoms with Crippen molar-refractivity contribution in [2.24, 2.45) is 12.8 Å². The molecule has 2 saturated carbocycles. The first-order valence-corrected chi connectivity index (χ1v) is 12.1. The Labute approximate surface area is 195 Å². The van der Waals surface area contributed by atoms with Crippen LogP contribution >= 0.6 is 12.2 Å². The molecule has 1 unspecified atom stereocenters. The van der Waals surface area contributed by atoms with Crippen molar-refractivity contribution in [2.45, 2.75) is 56.6 Å². The highest BCUT2D eigenvalue weighted by Crippen LogP contribution is 2.45. The lowest BCUT2D eigenvalue weighted by molar-refractivity contribution is 0.179. The predicted octanol–water partition coefficient (Wildman–Crippen LogP) is 4.86. The minimum Gasteiger partial charge on any atom is -0.483 e. The molecule has 0 radical (unpaired) electrons. The zero-order chi connectivity index (χ0) is 22.4. The normalized spacial score (nSPS) is 19.6. The van der Waals surface area contributed by atoms with Gasteiger partial charge in [-0.1, -0.05) is 42.5 Å². The van der Waals surface area contributed by atoms with Crippen molar-refractivity contribution >= 4 is 28.2 Å². The highest BCUT2D eigenvalue weighted by atomic mass is 32.1. The van der Waals surface area contributed by atoms with Crippen molar-refractivity contribution in [3.63, 3.8) is 0 Å². The molecule has 2 N–H and O–H groups in total. The number of aromatic nitrogens is 2. The Balaban J connectivity index is 0.000000489. The molecule has 2 aromatic carbocycles. The molecule has 1 aliphatic heterocycles. The van der Waals surface area contributed by atoms with Crippen LogP contribution < -0.4 is 10.5 Å². The molecule has 0 saturated heterocycles. The molecule has 5 nitrogen and oxygen atoms in total. The summed E-state index contributed by atoms with van der Waals surface area (Å²) in [5.41, 5.74) is 10.9. The fraction of sp³-hybridized carbons (Fsp3) is 0.462. The Kier molecular flexibility index (Phi) is 5.68. The summed E-state index contributed by atoms with van der Waals surface area (Å²) in [5.74, 6) is 2.70. The van der Waals surface area contributed by atoms with E-state index in [1.165, 1.54) is 42.6 Å². The van der Waals surface area contributed by atoms with Crippen molar-refractivity contribution < 1.29 is 4.74 Å². The van der Waals surface area contributed by atoms with Crippen molar-refractivity contribution in [3.05, 3.63) is 58.9 Å². The molecule has 1 atom stereocenters. The summed E-state index contributed by atoms with van der Waals surface area (Å²) in [4.78, 5) is 7.91. The second-order valence-electron chi connectivity index (χ2n) is 9.50. The molecule has 6 rings (SSSR count). The van der Waals surface area contributed by atoms with Gasteiger partial charge < -0.3 is 19.9 Å². The lowest BCUT2D eigenvalue weighted by Gasteiger charge is -2.29. The van der Waals surface area contributed by atoms with Gasteiger partial charge in [0.2, 0.25) is 0 Å². The number of fused-ring (bicyclic) bond motifs is 3. The average molecular weight is 449 g/mol.